The number of anilines is 1. The second-order valence-electron chi connectivity index (χ2n) is 5.94. The van der Waals surface area contributed by atoms with Gasteiger partial charge in [-0.15, -0.1) is 0 Å². The van der Waals surface area contributed by atoms with E-state index in [1.165, 1.54) is 0 Å². The van der Waals surface area contributed by atoms with Crippen molar-refractivity contribution in [3.63, 3.8) is 0 Å². The molecule has 2 N–H and O–H groups in total. The van der Waals surface area contributed by atoms with E-state index in [0.29, 0.717) is 13.1 Å². The van der Waals surface area contributed by atoms with Gasteiger partial charge in [0.2, 0.25) is 0 Å². The summed E-state index contributed by atoms with van der Waals surface area (Å²) in [5.41, 5.74) is 0.966. The molecule has 0 aliphatic rings. The van der Waals surface area contributed by atoms with Crippen molar-refractivity contribution < 1.29 is 9.21 Å². The van der Waals surface area contributed by atoms with Crippen molar-refractivity contribution in [1.82, 2.24) is 20.5 Å². The van der Waals surface area contributed by atoms with Gasteiger partial charge in [0.15, 0.2) is 0 Å². The van der Waals surface area contributed by atoms with Crippen molar-refractivity contribution in [2.45, 2.75) is 12.6 Å². The minimum Gasteiger partial charge on any atom is -0.468 e. The Hall–Kier alpha value is -2.54. The molecule has 0 bridgehead atoms. The minimum atomic E-state index is -0.220. The van der Waals surface area contributed by atoms with E-state index in [4.69, 9.17) is 4.42 Å². The molecule has 2 heterocycles. The molecule has 130 valence electrons. The minimum absolute atomic E-state index is 0.0125. The molecular weight excluding hydrogens is 306 g/mol. The highest BCUT2D eigenvalue weighted by molar-refractivity contribution is 5.74. The maximum atomic E-state index is 12.1. The Morgan fingerprint density at radius 2 is 2.00 bits per heavy atom. The summed E-state index contributed by atoms with van der Waals surface area (Å²) in [6, 6.07) is 7.33. The molecule has 24 heavy (non-hydrogen) atoms. The van der Waals surface area contributed by atoms with Crippen LogP contribution in [-0.4, -0.2) is 50.7 Å². The van der Waals surface area contributed by atoms with Gasteiger partial charge >= 0.3 is 6.03 Å². The van der Waals surface area contributed by atoms with Crippen molar-refractivity contribution in [2.75, 3.05) is 39.6 Å². The number of nitrogens with zero attached hydrogens (tertiary/aromatic N) is 3. The quantitative estimate of drug-likeness (QED) is 0.810. The van der Waals surface area contributed by atoms with Gasteiger partial charge in [-0.3, -0.25) is 4.90 Å². The van der Waals surface area contributed by atoms with E-state index in [0.717, 1.165) is 17.1 Å². The van der Waals surface area contributed by atoms with Crippen LogP contribution in [-0.2, 0) is 6.54 Å². The lowest BCUT2D eigenvalue weighted by atomic mass is 10.2. The monoisotopic (exact) mass is 331 g/mol. The summed E-state index contributed by atoms with van der Waals surface area (Å²) in [7, 11) is 7.76. The fourth-order valence-corrected chi connectivity index (χ4v) is 2.42. The van der Waals surface area contributed by atoms with E-state index in [-0.39, 0.29) is 12.1 Å². The molecule has 0 aromatic carbocycles. The van der Waals surface area contributed by atoms with Crippen LogP contribution in [0.4, 0.5) is 10.6 Å². The van der Waals surface area contributed by atoms with Gasteiger partial charge in [0.1, 0.15) is 11.6 Å². The third kappa shape index (κ3) is 4.73. The number of carbonyl (C=O) groups excluding carboxylic acids is 1. The second kappa shape index (κ2) is 8.35. The van der Waals surface area contributed by atoms with E-state index in [1.807, 2.05) is 62.3 Å². The molecule has 1 unspecified atom stereocenters. The van der Waals surface area contributed by atoms with E-state index < -0.39 is 0 Å². The second-order valence-corrected chi connectivity index (χ2v) is 5.94. The van der Waals surface area contributed by atoms with Crippen LogP contribution in [0.25, 0.3) is 0 Å². The first kappa shape index (κ1) is 17.8. The lowest BCUT2D eigenvalue weighted by molar-refractivity contribution is 0.225. The first-order valence-electron chi connectivity index (χ1n) is 7.81. The first-order chi connectivity index (χ1) is 11.5. The summed E-state index contributed by atoms with van der Waals surface area (Å²) in [6.45, 7) is 0.875. The van der Waals surface area contributed by atoms with Crippen LogP contribution in [0.5, 0.6) is 0 Å². The number of rotatable bonds is 7. The Bertz CT molecular complexity index is 640. The predicted molar refractivity (Wildman–Crippen MR) is 93.9 cm³/mol. The molecule has 2 aromatic rings. The number of furan rings is 1. The molecule has 2 aromatic heterocycles. The van der Waals surface area contributed by atoms with Crippen molar-refractivity contribution in [2.24, 2.45) is 0 Å². The Kier molecular flexibility index (Phi) is 6.20. The Balaban J connectivity index is 1.87. The van der Waals surface area contributed by atoms with Crippen LogP contribution >= 0.6 is 0 Å². The molecule has 0 spiro atoms. The maximum Gasteiger partial charge on any atom is 0.315 e. The highest BCUT2D eigenvalue weighted by Crippen LogP contribution is 2.17. The van der Waals surface area contributed by atoms with Gasteiger partial charge in [0.25, 0.3) is 0 Å². The van der Waals surface area contributed by atoms with E-state index in [2.05, 4.69) is 15.6 Å². The van der Waals surface area contributed by atoms with Crippen molar-refractivity contribution in [3.8, 4) is 0 Å². The molecule has 7 nitrogen and oxygen atoms in total. The van der Waals surface area contributed by atoms with Gasteiger partial charge in [-0.25, -0.2) is 9.78 Å². The number of carbonyl (C=O) groups is 1. The van der Waals surface area contributed by atoms with Crippen molar-refractivity contribution in [3.05, 3.63) is 48.0 Å². The first-order valence-corrected chi connectivity index (χ1v) is 7.81. The Morgan fingerprint density at radius 3 is 2.62 bits per heavy atom. The SMILES string of the molecule is CN(C)c1ncccc1CNC(=O)NCC(c1ccco1)N(C)C. The van der Waals surface area contributed by atoms with Gasteiger partial charge in [0, 0.05) is 38.9 Å². The normalized spacial score (nSPS) is 12.0. The van der Waals surface area contributed by atoms with Gasteiger partial charge in [0.05, 0.1) is 12.3 Å². The van der Waals surface area contributed by atoms with Crippen LogP contribution in [0.15, 0.2) is 41.1 Å². The van der Waals surface area contributed by atoms with E-state index >= 15 is 0 Å². The van der Waals surface area contributed by atoms with Crippen LogP contribution in [0.1, 0.15) is 17.4 Å². The van der Waals surface area contributed by atoms with Crippen LogP contribution in [0.3, 0.4) is 0 Å². The number of pyridine rings is 1. The van der Waals surface area contributed by atoms with E-state index in [1.54, 1.807) is 12.5 Å². The molecule has 0 aliphatic carbocycles. The lowest BCUT2D eigenvalue weighted by Gasteiger charge is -2.22. The Morgan fingerprint density at radius 1 is 1.21 bits per heavy atom. The molecule has 2 amide bonds. The predicted octanol–water partition coefficient (Wildman–Crippen LogP) is 1.84. The fourth-order valence-electron chi connectivity index (χ4n) is 2.42. The zero-order valence-corrected chi connectivity index (χ0v) is 14.6. The maximum absolute atomic E-state index is 12.1. The average molecular weight is 331 g/mol. The largest absolute Gasteiger partial charge is 0.468 e. The molecule has 0 fully saturated rings. The van der Waals surface area contributed by atoms with Gasteiger partial charge in [-0.05, 0) is 32.3 Å². The summed E-state index contributed by atoms with van der Waals surface area (Å²) in [6.07, 6.45) is 3.38. The fraction of sp³-hybridized carbons (Fsp3) is 0.412. The number of hydrogen-bond acceptors (Lipinski definition) is 5. The summed E-state index contributed by atoms with van der Waals surface area (Å²) in [5.74, 6) is 1.67. The molecule has 7 heteroatoms. The number of urea groups is 1. The summed E-state index contributed by atoms with van der Waals surface area (Å²) < 4.78 is 5.43. The Labute approximate surface area is 142 Å². The van der Waals surface area contributed by atoms with Crippen LogP contribution in [0, 0.1) is 0 Å². The lowest BCUT2D eigenvalue weighted by Crippen LogP contribution is -2.40. The average Bonchev–Trinajstić information content (AvgIpc) is 3.07. The molecule has 1 atom stereocenters. The third-order valence-corrected chi connectivity index (χ3v) is 3.68. The molecule has 0 saturated heterocycles. The smallest absolute Gasteiger partial charge is 0.315 e. The number of aromatic nitrogens is 1. The zero-order valence-electron chi connectivity index (χ0n) is 14.6. The third-order valence-electron chi connectivity index (χ3n) is 3.68. The van der Waals surface area contributed by atoms with Gasteiger partial charge in [-0.2, -0.15) is 0 Å². The van der Waals surface area contributed by atoms with Gasteiger partial charge in [-0.1, -0.05) is 6.07 Å². The summed E-state index contributed by atoms with van der Waals surface area (Å²) >= 11 is 0. The van der Waals surface area contributed by atoms with Gasteiger partial charge < -0.3 is 20.0 Å². The number of likely N-dealkylation sites (N-methyl/N-ethyl adjacent to an activating group) is 1. The highest BCUT2D eigenvalue weighted by Gasteiger charge is 2.17. The van der Waals surface area contributed by atoms with E-state index in [9.17, 15) is 4.79 Å². The topological polar surface area (TPSA) is 73.6 Å². The van der Waals surface area contributed by atoms with Crippen molar-refractivity contribution in [1.29, 1.82) is 0 Å². The molecule has 0 aliphatic heterocycles. The molecule has 2 rings (SSSR count). The molecule has 0 saturated carbocycles. The summed E-state index contributed by atoms with van der Waals surface area (Å²) in [5, 5.41) is 5.75. The molecular formula is C17H25N5O2. The number of amides is 2. The summed E-state index contributed by atoms with van der Waals surface area (Å²) in [4.78, 5) is 20.3. The van der Waals surface area contributed by atoms with Crippen LogP contribution < -0.4 is 15.5 Å². The highest BCUT2D eigenvalue weighted by atomic mass is 16.3. The molecule has 0 radical (unpaired) electrons. The number of hydrogen-bond donors (Lipinski definition) is 2. The standard InChI is InChI=1S/C17H25N5O2/c1-21(2)14(15-8-6-10-24-15)12-20-17(23)19-11-13-7-5-9-18-16(13)22(3)4/h5-10,14H,11-12H2,1-4H3,(H2,19,20,23). The number of nitrogens with one attached hydrogen (secondary N) is 2. The van der Waals surface area contributed by atoms with Crippen LogP contribution in [0.2, 0.25) is 0 Å². The zero-order chi connectivity index (χ0) is 17.5. The van der Waals surface area contributed by atoms with Crippen molar-refractivity contribution >= 4 is 11.8 Å².